The maximum atomic E-state index is 6.15. The fraction of sp³-hybridized carbons (Fsp3) is 1.00. The first-order chi connectivity index (χ1) is 5.99. The largest absolute Gasteiger partial charge is 0.325 e. The molecule has 0 heterocycles. The van der Waals surface area contributed by atoms with Gasteiger partial charge in [-0.15, -0.1) is 0 Å². The van der Waals surface area contributed by atoms with E-state index in [4.69, 9.17) is 5.73 Å². The van der Waals surface area contributed by atoms with Crippen molar-refractivity contribution < 1.29 is 0 Å². The Balaban J connectivity index is 1.78. The molecule has 1 heteroatoms. The van der Waals surface area contributed by atoms with E-state index in [1.165, 1.54) is 44.9 Å². The fourth-order valence-electron chi connectivity index (χ4n) is 2.60. The molecule has 0 amide bonds. The van der Waals surface area contributed by atoms with Crippen molar-refractivity contribution >= 4 is 0 Å². The molecular formula is C12H23N. The Morgan fingerprint density at radius 1 is 1.08 bits per heavy atom. The minimum Gasteiger partial charge on any atom is -0.325 e. The Kier molecular flexibility index (Phi) is 2.18. The van der Waals surface area contributed by atoms with Crippen LogP contribution < -0.4 is 5.73 Å². The molecule has 0 atom stereocenters. The minimum absolute atomic E-state index is 0.284. The van der Waals surface area contributed by atoms with Crippen molar-refractivity contribution in [2.24, 2.45) is 17.1 Å². The first kappa shape index (κ1) is 9.51. The lowest BCUT2D eigenvalue weighted by Gasteiger charge is -2.35. The zero-order chi connectivity index (χ0) is 9.53. The van der Waals surface area contributed by atoms with Crippen LogP contribution in [-0.4, -0.2) is 5.54 Å². The van der Waals surface area contributed by atoms with Gasteiger partial charge in [0.25, 0.3) is 0 Å². The van der Waals surface area contributed by atoms with E-state index in [2.05, 4.69) is 13.8 Å². The maximum absolute atomic E-state index is 6.15. The third-order valence-electron chi connectivity index (χ3n) is 4.05. The summed E-state index contributed by atoms with van der Waals surface area (Å²) in [5, 5.41) is 0. The highest BCUT2D eigenvalue weighted by Gasteiger charge is 2.41. The molecule has 0 saturated heterocycles. The number of hydrogen-bond acceptors (Lipinski definition) is 1. The molecule has 0 aromatic heterocycles. The molecule has 76 valence electrons. The van der Waals surface area contributed by atoms with Crippen LogP contribution in [0, 0.1) is 11.3 Å². The van der Waals surface area contributed by atoms with Crippen LogP contribution in [-0.2, 0) is 0 Å². The van der Waals surface area contributed by atoms with Crippen LogP contribution in [0.5, 0.6) is 0 Å². The molecule has 1 nitrogen and oxygen atoms in total. The van der Waals surface area contributed by atoms with Gasteiger partial charge in [0.2, 0.25) is 0 Å². The lowest BCUT2D eigenvalue weighted by atomic mass is 9.71. The van der Waals surface area contributed by atoms with Gasteiger partial charge in [-0.2, -0.15) is 0 Å². The highest BCUT2D eigenvalue weighted by molar-refractivity contribution is 5.00. The second-order valence-electron chi connectivity index (χ2n) is 6.17. The van der Waals surface area contributed by atoms with Crippen molar-refractivity contribution in [1.82, 2.24) is 0 Å². The molecule has 0 radical (unpaired) electrons. The van der Waals surface area contributed by atoms with Crippen molar-refractivity contribution in [2.75, 3.05) is 0 Å². The molecule has 2 rings (SSSR count). The van der Waals surface area contributed by atoms with E-state index >= 15 is 0 Å². The van der Waals surface area contributed by atoms with Crippen molar-refractivity contribution in [2.45, 2.75) is 64.3 Å². The molecule has 2 aliphatic rings. The minimum atomic E-state index is 0.284. The Hall–Kier alpha value is -0.0400. The van der Waals surface area contributed by atoms with Crippen LogP contribution in [0.2, 0.25) is 0 Å². The molecule has 0 spiro atoms. The Bertz CT molecular complexity index is 181. The normalized spacial score (nSPS) is 31.6. The first-order valence-corrected chi connectivity index (χ1v) is 5.78. The topological polar surface area (TPSA) is 26.0 Å². The quantitative estimate of drug-likeness (QED) is 0.696. The van der Waals surface area contributed by atoms with Crippen molar-refractivity contribution in [3.63, 3.8) is 0 Å². The van der Waals surface area contributed by atoms with E-state index in [1.54, 1.807) is 0 Å². The lowest BCUT2D eigenvalue weighted by Crippen LogP contribution is -2.29. The van der Waals surface area contributed by atoms with Gasteiger partial charge in [-0.1, -0.05) is 13.8 Å². The Morgan fingerprint density at radius 3 is 2.08 bits per heavy atom. The summed E-state index contributed by atoms with van der Waals surface area (Å²) in [5.74, 6) is 0.945. The van der Waals surface area contributed by atoms with Gasteiger partial charge in [0, 0.05) is 5.54 Å². The summed E-state index contributed by atoms with van der Waals surface area (Å²) in [6.45, 7) is 4.80. The predicted octanol–water partition coefficient (Wildman–Crippen LogP) is 3.08. The summed E-state index contributed by atoms with van der Waals surface area (Å²) in [5.41, 5.74) is 7.04. The highest BCUT2D eigenvalue weighted by atomic mass is 14.8. The van der Waals surface area contributed by atoms with E-state index in [0.717, 1.165) is 5.92 Å². The summed E-state index contributed by atoms with van der Waals surface area (Å²) < 4.78 is 0. The lowest BCUT2D eigenvalue weighted by molar-refractivity contribution is 0.177. The van der Waals surface area contributed by atoms with Crippen LogP contribution >= 0.6 is 0 Å². The van der Waals surface area contributed by atoms with E-state index < -0.39 is 0 Å². The van der Waals surface area contributed by atoms with Crippen LogP contribution in [0.4, 0.5) is 0 Å². The summed E-state index contributed by atoms with van der Waals surface area (Å²) in [6, 6.07) is 0. The Morgan fingerprint density at radius 2 is 1.62 bits per heavy atom. The first-order valence-electron chi connectivity index (χ1n) is 5.78. The van der Waals surface area contributed by atoms with E-state index in [-0.39, 0.29) is 5.54 Å². The SMILES string of the molecule is CC1(C)CCC(CC2(N)CC2)CC1. The van der Waals surface area contributed by atoms with Gasteiger partial charge in [-0.25, -0.2) is 0 Å². The molecule has 2 N–H and O–H groups in total. The summed E-state index contributed by atoms with van der Waals surface area (Å²) in [6.07, 6.45) is 9.54. The van der Waals surface area contributed by atoms with Gasteiger partial charge in [-0.05, 0) is 56.3 Å². The number of nitrogens with two attached hydrogens (primary N) is 1. The number of hydrogen-bond donors (Lipinski definition) is 1. The molecule has 0 unspecified atom stereocenters. The fourth-order valence-corrected chi connectivity index (χ4v) is 2.60. The van der Waals surface area contributed by atoms with Crippen LogP contribution in [0.15, 0.2) is 0 Å². The van der Waals surface area contributed by atoms with Gasteiger partial charge in [0.1, 0.15) is 0 Å². The van der Waals surface area contributed by atoms with Crippen LogP contribution in [0.25, 0.3) is 0 Å². The molecule has 2 fully saturated rings. The van der Waals surface area contributed by atoms with Crippen LogP contribution in [0.3, 0.4) is 0 Å². The molecule has 0 aromatic carbocycles. The molecule has 13 heavy (non-hydrogen) atoms. The second kappa shape index (κ2) is 2.98. The van der Waals surface area contributed by atoms with Gasteiger partial charge >= 0.3 is 0 Å². The predicted molar refractivity (Wildman–Crippen MR) is 56.5 cm³/mol. The summed E-state index contributed by atoms with van der Waals surface area (Å²) in [4.78, 5) is 0. The summed E-state index contributed by atoms with van der Waals surface area (Å²) in [7, 11) is 0. The third kappa shape index (κ3) is 2.46. The maximum Gasteiger partial charge on any atom is 0.0158 e. The zero-order valence-electron chi connectivity index (χ0n) is 9.10. The molecule has 0 bridgehead atoms. The molecular weight excluding hydrogens is 158 g/mol. The smallest absolute Gasteiger partial charge is 0.0158 e. The van der Waals surface area contributed by atoms with Crippen molar-refractivity contribution in [3.8, 4) is 0 Å². The molecule has 0 aromatic rings. The van der Waals surface area contributed by atoms with Gasteiger partial charge in [0.05, 0.1) is 0 Å². The summed E-state index contributed by atoms with van der Waals surface area (Å²) >= 11 is 0. The number of rotatable bonds is 2. The van der Waals surface area contributed by atoms with Crippen molar-refractivity contribution in [1.29, 1.82) is 0 Å². The zero-order valence-corrected chi connectivity index (χ0v) is 9.10. The average Bonchev–Trinajstić information content (AvgIpc) is 2.74. The molecule has 0 aliphatic heterocycles. The Labute approximate surface area is 82.1 Å². The average molecular weight is 181 g/mol. The third-order valence-corrected chi connectivity index (χ3v) is 4.05. The molecule has 2 saturated carbocycles. The molecule has 2 aliphatic carbocycles. The van der Waals surface area contributed by atoms with Gasteiger partial charge in [-0.3, -0.25) is 0 Å². The van der Waals surface area contributed by atoms with Gasteiger partial charge in [0.15, 0.2) is 0 Å². The van der Waals surface area contributed by atoms with E-state index in [0.29, 0.717) is 5.41 Å². The monoisotopic (exact) mass is 181 g/mol. The van der Waals surface area contributed by atoms with E-state index in [1.807, 2.05) is 0 Å². The standard InChI is InChI=1S/C12H23N/c1-11(2)5-3-10(4-6-11)9-12(13)7-8-12/h10H,3-9,13H2,1-2H3. The highest BCUT2D eigenvalue weighted by Crippen LogP contribution is 2.45. The second-order valence-corrected chi connectivity index (χ2v) is 6.17. The van der Waals surface area contributed by atoms with Gasteiger partial charge < -0.3 is 5.73 Å². The van der Waals surface area contributed by atoms with Crippen LogP contribution in [0.1, 0.15) is 58.8 Å². The van der Waals surface area contributed by atoms with E-state index in [9.17, 15) is 0 Å². The van der Waals surface area contributed by atoms with Crippen molar-refractivity contribution in [3.05, 3.63) is 0 Å².